The van der Waals surface area contributed by atoms with Crippen LogP contribution in [0.25, 0.3) is 0 Å². The molecule has 0 aliphatic carbocycles. The van der Waals surface area contributed by atoms with Gasteiger partial charge in [-0.05, 0) is 42.9 Å². The smallest absolute Gasteiger partial charge is 0.279 e. The predicted molar refractivity (Wildman–Crippen MR) is 100 cm³/mol. The lowest BCUT2D eigenvalue weighted by Gasteiger charge is -2.29. The number of nitro groups is 1. The van der Waals surface area contributed by atoms with E-state index in [2.05, 4.69) is 29.6 Å². The summed E-state index contributed by atoms with van der Waals surface area (Å²) in [5.74, 6) is 0.647. The lowest BCUT2D eigenvalue weighted by atomic mass is 9.90. The van der Waals surface area contributed by atoms with Crippen molar-refractivity contribution in [1.29, 1.82) is 0 Å². The van der Waals surface area contributed by atoms with Gasteiger partial charge < -0.3 is 10.2 Å². The van der Waals surface area contributed by atoms with Crippen LogP contribution >= 0.6 is 0 Å². The maximum Gasteiger partial charge on any atom is 0.279 e. The molecule has 0 radical (unpaired) electrons. The second-order valence-electron chi connectivity index (χ2n) is 6.91. The molecular formula is C20H24N3O3+. The molecule has 0 saturated carbocycles. The average molecular weight is 354 g/mol. The highest BCUT2D eigenvalue weighted by Crippen LogP contribution is 2.17. The number of nitrogens with zero attached hydrogens (tertiary/aromatic N) is 1. The zero-order valence-corrected chi connectivity index (χ0v) is 14.7. The number of non-ortho nitro benzene ring substituents is 1. The van der Waals surface area contributed by atoms with Crippen LogP contribution in [0.2, 0.25) is 0 Å². The molecule has 0 bridgehead atoms. The van der Waals surface area contributed by atoms with Crippen LogP contribution in [0.5, 0.6) is 0 Å². The molecule has 2 aromatic rings. The van der Waals surface area contributed by atoms with Crippen LogP contribution < -0.4 is 10.2 Å². The highest BCUT2D eigenvalue weighted by Gasteiger charge is 2.24. The van der Waals surface area contributed by atoms with Crippen molar-refractivity contribution < 1.29 is 14.6 Å². The molecule has 1 fully saturated rings. The van der Waals surface area contributed by atoms with E-state index in [-0.39, 0.29) is 11.6 Å². The normalized spacial score (nSPS) is 19.7. The van der Waals surface area contributed by atoms with Crippen LogP contribution in [-0.2, 0) is 11.2 Å². The number of anilines is 1. The number of rotatable bonds is 6. The first-order chi connectivity index (χ1) is 12.6. The number of carbonyl (C=O) groups excluding carboxylic acids is 1. The number of hydrogen-bond donors (Lipinski definition) is 2. The van der Waals surface area contributed by atoms with Crippen LogP contribution in [-0.4, -0.2) is 30.5 Å². The Balaban J connectivity index is 1.42. The fourth-order valence-electron chi connectivity index (χ4n) is 3.51. The number of carbonyl (C=O) groups is 1. The Morgan fingerprint density at radius 1 is 1.08 bits per heavy atom. The Bertz CT molecular complexity index is 739. The number of nitro benzene ring substituents is 1. The summed E-state index contributed by atoms with van der Waals surface area (Å²) in [6.07, 6.45) is 3.38. The topological polar surface area (TPSA) is 76.7 Å². The predicted octanol–water partition coefficient (Wildman–Crippen LogP) is 2.07. The SMILES string of the molecule is O=C(C[NH+]1CCC(Cc2ccccc2)CC1)Nc1ccc([N+](=O)[O-])cc1. The highest BCUT2D eigenvalue weighted by molar-refractivity contribution is 5.91. The van der Waals surface area contributed by atoms with Crippen LogP contribution in [0, 0.1) is 16.0 Å². The zero-order valence-electron chi connectivity index (χ0n) is 14.7. The minimum atomic E-state index is -0.449. The van der Waals surface area contributed by atoms with Gasteiger partial charge in [-0.25, -0.2) is 0 Å². The van der Waals surface area contributed by atoms with Gasteiger partial charge in [-0.1, -0.05) is 30.3 Å². The summed E-state index contributed by atoms with van der Waals surface area (Å²) in [4.78, 5) is 23.7. The van der Waals surface area contributed by atoms with Crippen molar-refractivity contribution >= 4 is 17.3 Å². The van der Waals surface area contributed by atoms with Crippen LogP contribution in [0.15, 0.2) is 54.6 Å². The fraction of sp³-hybridized carbons (Fsp3) is 0.350. The first-order valence-electron chi connectivity index (χ1n) is 9.02. The molecule has 0 atom stereocenters. The molecule has 1 aliphatic rings. The Morgan fingerprint density at radius 3 is 2.35 bits per heavy atom. The van der Waals surface area contributed by atoms with E-state index in [4.69, 9.17) is 0 Å². The van der Waals surface area contributed by atoms with Gasteiger partial charge in [0.1, 0.15) is 0 Å². The third-order valence-corrected chi connectivity index (χ3v) is 4.95. The molecule has 136 valence electrons. The third-order valence-electron chi connectivity index (χ3n) is 4.95. The molecule has 6 heteroatoms. The quantitative estimate of drug-likeness (QED) is 0.616. The van der Waals surface area contributed by atoms with Gasteiger partial charge in [0.05, 0.1) is 18.0 Å². The van der Waals surface area contributed by atoms with Gasteiger partial charge in [-0.15, -0.1) is 0 Å². The molecule has 0 spiro atoms. The van der Waals surface area contributed by atoms with Gasteiger partial charge in [0.15, 0.2) is 6.54 Å². The second kappa shape index (κ2) is 8.58. The van der Waals surface area contributed by atoms with Crippen molar-refractivity contribution in [3.8, 4) is 0 Å². The van der Waals surface area contributed by atoms with Crippen LogP contribution in [0.4, 0.5) is 11.4 Å². The van der Waals surface area contributed by atoms with E-state index in [1.807, 2.05) is 6.07 Å². The number of benzene rings is 2. The summed E-state index contributed by atoms with van der Waals surface area (Å²) in [5.41, 5.74) is 2.00. The molecule has 6 nitrogen and oxygen atoms in total. The number of likely N-dealkylation sites (tertiary alicyclic amines) is 1. The van der Waals surface area contributed by atoms with Gasteiger partial charge in [-0.3, -0.25) is 14.9 Å². The van der Waals surface area contributed by atoms with E-state index < -0.39 is 4.92 Å². The molecule has 1 amide bonds. The van der Waals surface area contributed by atoms with Crippen molar-refractivity contribution in [2.75, 3.05) is 25.0 Å². The average Bonchev–Trinajstić information content (AvgIpc) is 2.64. The number of nitrogens with one attached hydrogen (secondary N) is 2. The summed E-state index contributed by atoms with van der Waals surface area (Å²) in [6.45, 7) is 2.45. The Labute approximate surface area is 153 Å². The Kier molecular flexibility index (Phi) is 5.96. The number of amides is 1. The maximum absolute atomic E-state index is 12.2. The van der Waals surface area contributed by atoms with Crippen molar-refractivity contribution in [3.05, 3.63) is 70.3 Å². The Hall–Kier alpha value is -2.73. The van der Waals surface area contributed by atoms with E-state index in [1.54, 1.807) is 12.1 Å². The molecule has 26 heavy (non-hydrogen) atoms. The number of hydrogen-bond acceptors (Lipinski definition) is 3. The zero-order chi connectivity index (χ0) is 18.4. The van der Waals surface area contributed by atoms with Gasteiger partial charge in [0.2, 0.25) is 0 Å². The number of quaternary nitrogens is 1. The monoisotopic (exact) mass is 354 g/mol. The Morgan fingerprint density at radius 2 is 1.73 bits per heavy atom. The van der Waals surface area contributed by atoms with Crippen molar-refractivity contribution in [2.24, 2.45) is 5.92 Å². The molecule has 1 heterocycles. The van der Waals surface area contributed by atoms with Gasteiger partial charge >= 0.3 is 0 Å². The second-order valence-corrected chi connectivity index (χ2v) is 6.91. The molecule has 0 unspecified atom stereocenters. The van der Waals surface area contributed by atoms with Gasteiger partial charge in [0, 0.05) is 17.8 Å². The molecule has 1 saturated heterocycles. The fourth-order valence-corrected chi connectivity index (χ4v) is 3.51. The molecule has 0 aromatic heterocycles. The van der Waals surface area contributed by atoms with Crippen molar-refractivity contribution in [3.63, 3.8) is 0 Å². The van der Waals surface area contributed by atoms with Gasteiger partial charge in [0.25, 0.3) is 11.6 Å². The minimum Gasteiger partial charge on any atom is -0.327 e. The number of piperidine rings is 1. The molecule has 2 aromatic carbocycles. The van der Waals surface area contributed by atoms with Crippen LogP contribution in [0.1, 0.15) is 18.4 Å². The van der Waals surface area contributed by atoms with Crippen molar-refractivity contribution in [1.82, 2.24) is 0 Å². The molecule has 1 aliphatic heterocycles. The maximum atomic E-state index is 12.2. The summed E-state index contributed by atoms with van der Waals surface area (Å²) in [5, 5.41) is 13.5. The van der Waals surface area contributed by atoms with Crippen molar-refractivity contribution in [2.45, 2.75) is 19.3 Å². The minimum absolute atomic E-state index is 0.0223. The lowest BCUT2D eigenvalue weighted by molar-refractivity contribution is -0.898. The lowest BCUT2D eigenvalue weighted by Crippen LogP contribution is -3.14. The largest absolute Gasteiger partial charge is 0.327 e. The standard InChI is InChI=1S/C20H23N3O3/c24-20(21-18-6-8-19(9-7-18)23(25)26)15-22-12-10-17(11-13-22)14-16-4-2-1-3-5-16/h1-9,17H,10-15H2,(H,21,24)/p+1. The van der Waals surface area contributed by atoms with Crippen LogP contribution in [0.3, 0.4) is 0 Å². The summed E-state index contributed by atoms with van der Waals surface area (Å²) in [6, 6.07) is 16.5. The highest BCUT2D eigenvalue weighted by atomic mass is 16.6. The molecule has 3 rings (SSSR count). The summed E-state index contributed by atoms with van der Waals surface area (Å²) in [7, 11) is 0. The van der Waals surface area contributed by atoms with E-state index in [9.17, 15) is 14.9 Å². The van der Waals surface area contributed by atoms with E-state index in [0.29, 0.717) is 18.2 Å². The van der Waals surface area contributed by atoms with E-state index in [1.165, 1.54) is 22.6 Å². The molecular weight excluding hydrogens is 330 g/mol. The first-order valence-corrected chi connectivity index (χ1v) is 9.02. The third kappa shape index (κ3) is 5.13. The first kappa shape index (κ1) is 18.1. The molecule has 2 N–H and O–H groups in total. The van der Waals surface area contributed by atoms with E-state index >= 15 is 0 Å². The summed E-state index contributed by atoms with van der Waals surface area (Å²) < 4.78 is 0. The van der Waals surface area contributed by atoms with Gasteiger partial charge in [-0.2, -0.15) is 0 Å². The van der Waals surface area contributed by atoms with E-state index in [0.717, 1.165) is 32.4 Å². The summed E-state index contributed by atoms with van der Waals surface area (Å²) >= 11 is 0.